The SMILES string of the molecule is NC1CCC(CNCc2cscn2)CC1. The van der Waals surface area contributed by atoms with Gasteiger partial charge in [0, 0.05) is 18.0 Å². The average Bonchev–Trinajstić information content (AvgIpc) is 2.74. The van der Waals surface area contributed by atoms with Crippen molar-refractivity contribution in [3.63, 3.8) is 0 Å². The molecule has 0 amide bonds. The second-order valence-corrected chi connectivity index (χ2v) is 5.11. The summed E-state index contributed by atoms with van der Waals surface area (Å²) in [5.41, 5.74) is 8.92. The van der Waals surface area contributed by atoms with Crippen LogP contribution in [0.25, 0.3) is 0 Å². The van der Waals surface area contributed by atoms with E-state index in [1.54, 1.807) is 11.3 Å². The molecule has 1 heterocycles. The topological polar surface area (TPSA) is 50.9 Å². The summed E-state index contributed by atoms with van der Waals surface area (Å²) in [6.07, 6.45) is 4.96. The minimum absolute atomic E-state index is 0.458. The van der Waals surface area contributed by atoms with Crippen molar-refractivity contribution in [1.29, 1.82) is 0 Å². The molecule has 1 aliphatic carbocycles. The first-order chi connectivity index (χ1) is 7.34. The minimum Gasteiger partial charge on any atom is -0.328 e. The molecule has 1 aromatic heterocycles. The van der Waals surface area contributed by atoms with Gasteiger partial charge >= 0.3 is 0 Å². The molecule has 0 aliphatic heterocycles. The number of aromatic nitrogens is 1. The van der Waals surface area contributed by atoms with E-state index in [0.29, 0.717) is 6.04 Å². The monoisotopic (exact) mass is 225 g/mol. The van der Waals surface area contributed by atoms with E-state index >= 15 is 0 Å². The predicted molar refractivity (Wildman–Crippen MR) is 63.8 cm³/mol. The molecule has 2 rings (SSSR count). The van der Waals surface area contributed by atoms with Gasteiger partial charge in [-0.3, -0.25) is 0 Å². The Kier molecular flexibility index (Phi) is 4.11. The lowest BCUT2D eigenvalue weighted by molar-refractivity contribution is 0.314. The van der Waals surface area contributed by atoms with Gasteiger partial charge in [-0.05, 0) is 38.1 Å². The van der Waals surface area contributed by atoms with Gasteiger partial charge in [0.05, 0.1) is 11.2 Å². The summed E-state index contributed by atoms with van der Waals surface area (Å²) in [5, 5.41) is 5.58. The molecule has 0 bridgehead atoms. The molecule has 3 N–H and O–H groups in total. The lowest BCUT2D eigenvalue weighted by Crippen LogP contribution is -2.31. The van der Waals surface area contributed by atoms with Crippen LogP contribution in [0.4, 0.5) is 0 Å². The highest BCUT2D eigenvalue weighted by Gasteiger charge is 2.17. The normalized spacial score (nSPS) is 26.7. The van der Waals surface area contributed by atoms with Gasteiger partial charge in [-0.15, -0.1) is 11.3 Å². The molecule has 0 atom stereocenters. The fraction of sp³-hybridized carbons (Fsp3) is 0.727. The third-order valence-corrected chi connectivity index (χ3v) is 3.75. The quantitative estimate of drug-likeness (QED) is 0.821. The number of rotatable bonds is 4. The lowest BCUT2D eigenvalue weighted by Gasteiger charge is -2.26. The van der Waals surface area contributed by atoms with Crippen molar-refractivity contribution in [3.8, 4) is 0 Å². The van der Waals surface area contributed by atoms with Crippen molar-refractivity contribution in [1.82, 2.24) is 10.3 Å². The van der Waals surface area contributed by atoms with Crippen molar-refractivity contribution in [2.24, 2.45) is 11.7 Å². The number of thiazole rings is 1. The first-order valence-electron chi connectivity index (χ1n) is 5.68. The van der Waals surface area contributed by atoms with Gasteiger partial charge in [-0.2, -0.15) is 0 Å². The molecule has 0 spiro atoms. The van der Waals surface area contributed by atoms with Crippen molar-refractivity contribution in [2.45, 2.75) is 38.3 Å². The zero-order valence-corrected chi connectivity index (χ0v) is 9.80. The Bertz CT molecular complexity index is 265. The molecule has 4 heteroatoms. The van der Waals surface area contributed by atoms with Crippen LogP contribution >= 0.6 is 11.3 Å². The van der Waals surface area contributed by atoms with Crippen LogP contribution in [0.3, 0.4) is 0 Å². The Balaban J connectivity index is 1.62. The van der Waals surface area contributed by atoms with Gasteiger partial charge in [0.25, 0.3) is 0 Å². The van der Waals surface area contributed by atoms with Crippen molar-refractivity contribution in [3.05, 3.63) is 16.6 Å². The molecule has 84 valence electrons. The molecule has 3 nitrogen and oxygen atoms in total. The maximum atomic E-state index is 5.87. The zero-order chi connectivity index (χ0) is 10.5. The molecule has 15 heavy (non-hydrogen) atoms. The Hall–Kier alpha value is -0.450. The third kappa shape index (κ3) is 3.55. The van der Waals surface area contributed by atoms with Gasteiger partial charge in [0.1, 0.15) is 0 Å². The second-order valence-electron chi connectivity index (χ2n) is 4.39. The number of hydrogen-bond donors (Lipinski definition) is 2. The number of nitrogens with one attached hydrogen (secondary N) is 1. The average molecular weight is 225 g/mol. The third-order valence-electron chi connectivity index (χ3n) is 3.11. The van der Waals surface area contributed by atoms with Crippen LogP contribution in [0.5, 0.6) is 0 Å². The molecule has 0 saturated heterocycles. The van der Waals surface area contributed by atoms with Gasteiger partial charge in [0.2, 0.25) is 0 Å². The summed E-state index contributed by atoms with van der Waals surface area (Å²) in [6.45, 7) is 2.02. The van der Waals surface area contributed by atoms with Gasteiger partial charge < -0.3 is 11.1 Å². The van der Waals surface area contributed by atoms with E-state index in [9.17, 15) is 0 Å². The van der Waals surface area contributed by atoms with E-state index in [-0.39, 0.29) is 0 Å². The fourth-order valence-electron chi connectivity index (χ4n) is 2.12. The zero-order valence-electron chi connectivity index (χ0n) is 8.98. The highest BCUT2D eigenvalue weighted by Crippen LogP contribution is 2.22. The largest absolute Gasteiger partial charge is 0.328 e. The van der Waals surface area contributed by atoms with E-state index < -0.39 is 0 Å². The van der Waals surface area contributed by atoms with E-state index in [2.05, 4.69) is 15.7 Å². The second kappa shape index (κ2) is 5.58. The molecule has 1 aliphatic rings. The van der Waals surface area contributed by atoms with Gasteiger partial charge in [-0.25, -0.2) is 4.98 Å². The summed E-state index contributed by atoms with van der Waals surface area (Å²) in [4.78, 5) is 4.25. The van der Waals surface area contributed by atoms with Crippen LogP contribution in [-0.4, -0.2) is 17.6 Å². The van der Waals surface area contributed by atoms with Crippen molar-refractivity contribution < 1.29 is 0 Å². The molecule has 0 aromatic carbocycles. The Morgan fingerprint density at radius 3 is 2.87 bits per heavy atom. The lowest BCUT2D eigenvalue weighted by atomic mass is 9.86. The molecule has 0 radical (unpaired) electrons. The maximum absolute atomic E-state index is 5.87. The molecule has 0 unspecified atom stereocenters. The van der Waals surface area contributed by atoms with Crippen LogP contribution < -0.4 is 11.1 Å². The summed E-state index contributed by atoms with van der Waals surface area (Å²) < 4.78 is 0. The first-order valence-corrected chi connectivity index (χ1v) is 6.62. The predicted octanol–water partition coefficient (Wildman–Crippen LogP) is 1.75. The number of nitrogens with two attached hydrogens (primary N) is 1. The molecule has 1 aromatic rings. The number of nitrogens with zero attached hydrogens (tertiary/aromatic N) is 1. The Morgan fingerprint density at radius 2 is 2.20 bits per heavy atom. The highest BCUT2D eigenvalue weighted by molar-refractivity contribution is 7.07. The minimum atomic E-state index is 0.458. The maximum Gasteiger partial charge on any atom is 0.0795 e. The van der Waals surface area contributed by atoms with E-state index in [1.165, 1.54) is 25.7 Å². The van der Waals surface area contributed by atoms with Crippen molar-refractivity contribution in [2.75, 3.05) is 6.54 Å². The van der Waals surface area contributed by atoms with Crippen molar-refractivity contribution >= 4 is 11.3 Å². The van der Waals surface area contributed by atoms with Gasteiger partial charge in [0.15, 0.2) is 0 Å². The van der Waals surface area contributed by atoms with E-state index in [4.69, 9.17) is 5.73 Å². The summed E-state index contributed by atoms with van der Waals surface area (Å²) >= 11 is 1.66. The van der Waals surface area contributed by atoms with Crippen LogP contribution in [0.1, 0.15) is 31.4 Å². The molecular formula is C11H19N3S. The van der Waals surface area contributed by atoms with Crippen LogP contribution in [0.15, 0.2) is 10.9 Å². The van der Waals surface area contributed by atoms with E-state index in [0.717, 1.165) is 24.7 Å². The summed E-state index contributed by atoms with van der Waals surface area (Å²) in [6, 6.07) is 0.458. The number of hydrogen-bond acceptors (Lipinski definition) is 4. The molecule has 1 saturated carbocycles. The van der Waals surface area contributed by atoms with Crippen LogP contribution in [0.2, 0.25) is 0 Å². The summed E-state index contributed by atoms with van der Waals surface area (Å²) in [5.74, 6) is 0.823. The summed E-state index contributed by atoms with van der Waals surface area (Å²) in [7, 11) is 0. The Labute approximate surface area is 95.1 Å². The van der Waals surface area contributed by atoms with E-state index in [1.807, 2.05) is 5.51 Å². The fourth-order valence-corrected chi connectivity index (χ4v) is 2.68. The Morgan fingerprint density at radius 1 is 1.40 bits per heavy atom. The van der Waals surface area contributed by atoms with Gasteiger partial charge in [-0.1, -0.05) is 0 Å². The standard InChI is InChI=1S/C11H19N3S/c12-10-3-1-9(2-4-10)5-13-6-11-7-15-8-14-11/h7-10,13H,1-6,12H2. The van der Waals surface area contributed by atoms with Crippen LogP contribution in [0, 0.1) is 5.92 Å². The molecular weight excluding hydrogens is 206 g/mol. The van der Waals surface area contributed by atoms with Crippen LogP contribution in [-0.2, 0) is 6.54 Å². The highest BCUT2D eigenvalue weighted by atomic mass is 32.1. The molecule has 1 fully saturated rings. The smallest absolute Gasteiger partial charge is 0.0795 e. The first kappa shape index (κ1) is 11.0.